The summed E-state index contributed by atoms with van der Waals surface area (Å²) in [7, 11) is 0. The third-order valence-corrected chi connectivity index (χ3v) is 4.53. The van der Waals surface area contributed by atoms with Gasteiger partial charge < -0.3 is 5.32 Å². The quantitative estimate of drug-likeness (QED) is 0.815. The van der Waals surface area contributed by atoms with E-state index in [1.807, 2.05) is 19.9 Å². The molecule has 1 N–H and O–H groups in total. The molecule has 144 valence electrons. The Morgan fingerprint density at radius 1 is 1.30 bits per heavy atom. The largest absolute Gasteiger partial charge is 0.354 e. The van der Waals surface area contributed by atoms with Crippen LogP contribution in [0.15, 0.2) is 36.4 Å². The summed E-state index contributed by atoms with van der Waals surface area (Å²) in [6, 6.07) is 8.78. The van der Waals surface area contributed by atoms with E-state index in [0.29, 0.717) is 12.8 Å². The highest BCUT2D eigenvalue weighted by Crippen LogP contribution is 2.15. The lowest BCUT2D eigenvalue weighted by molar-refractivity contribution is -0.121. The third-order valence-electron chi connectivity index (χ3n) is 4.53. The first kappa shape index (κ1) is 19.3. The van der Waals surface area contributed by atoms with Crippen LogP contribution in [-0.2, 0) is 24.3 Å². The Hall–Kier alpha value is -2.47. The minimum absolute atomic E-state index is 0.0727. The highest BCUT2D eigenvalue weighted by Gasteiger charge is 2.17. The van der Waals surface area contributed by atoms with Crippen molar-refractivity contribution in [1.29, 1.82) is 0 Å². The van der Waals surface area contributed by atoms with Crippen LogP contribution in [0, 0.1) is 5.82 Å². The average Bonchev–Trinajstić information content (AvgIpc) is 3.03. The van der Waals surface area contributed by atoms with Gasteiger partial charge in [0, 0.05) is 38.5 Å². The van der Waals surface area contributed by atoms with Gasteiger partial charge in [-0.2, -0.15) is 5.10 Å². The van der Waals surface area contributed by atoms with Crippen molar-refractivity contribution in [3.05, 3.63) is 59.2 Å². The highest BCUT2D eigenvalue weighted by atomic mass is 19.1. The van der Waals surface area contributed by atoms with E-state index in [4.69, 9.17) is 0 Å². The Morgan fingerprint density at radius 3 is 2.81 bits per heavy atom. The number of aromatic nitrogens is 2. The topological polar surface area (TPSA) is 50.2 Å². The molecule has 0 aliphatic carbocycles. The number of fused-ring (bicyclic) bond motifs is 1. The molecule has 0 atom stereocenters. The normalized spacial score (nSPS) is 14.7. The second-order valence-corrected chi connectivity index (χ2v) is 7.26. The summed E-state index contributed by atoms with van der Waals surface area (Å²) < 4.78 is 15.0. The fourth-order valence-corrected chi connectivity index (χ4v) is 3.21. The van der Waals surface area contributed by atoms with E-state index in [9.17, 15) is 9.18 Å². The lowest BCUT2D eigenvalue weighted by Gasteiger charge is -2.26. The average molecular weight is 370 g/mol. The number of carbonyl (C=O) groups is 1. The van der Waals surface area contributed by atoms with Crippen LogP contribution in [-0.4, -0.2) is 39.7 Å². The second-order valence-electron chi connectivity index (χ2n) is 7.26. The molecule has 27 heavy (non-hydrogen) atoms. The maximum Gasteiger partial charge on any atom is 0.220 e. The zero-order chi connectivity index (χ0) is 19.2. The first-order chi connectivity index (χ1) is 13.0. The van der Waals surface area contributed by atoms with Gasteiger partial charge in [-0.05, 0) is 37.6 Å². The lowest BCUT2D eigenvalue weighted by atomic mass is 10.2. The molecule has 1 aromatic heterocycles. The van der Waals surface area contributed by atoms with Crippen molar-refractivity contribution >= 4 is 12.0 Å². The molecule has 0 saturated heterocycles. The van der Waals surface area contributed by atoms with Crippen LogP contribution in [0.5, 0.6) is 0 Å². The first-order valence-corrected chi connectivity index (χ1v) is 9.49. The number of benzene rings is 1. The summed E-state index contributed by atoms with van der Waals surface area (Å²) in [5.41, 5.74) is 3.17. The molecular formula is C21H27FN4O. The van der Waals surface area contributed by atoms with Gasteiger partial charge in [0.15, 0.2) is 0 Å². The maximum atomic E-state index is 12.9. The van der Waals surface area contributed by atoms with E-state index in [-0.39, 0.29) is 17.8 Å². The highest BCUT2D eigenvalue weighted by molar-refractivity contribution is 5.76. The van der Waals surface area contributed by atoms with E-state index in [1.54, 1.807) is 12.1 Å². The smallest absolute Gasteiger partial charge is 0.220 e. The Labute approximate surface area is 159 Å². The molecule has 0 fully saturated rings. The molecule has 1 aromatic carbocycles. The second kappa shape index (κ2) is 8.95. The Morgan fingerprint density at radius 2 is 2.07 bits per heavy atom. The summed E-state index contributed by atoms with van der Waals surface area (Å²) in [6.45, 7) is 7.42. The van der Waals surface area contributed by atoms with Gasteiger partial charge in [-0.3, -0.25) is 14.4 Å². The predicted octanol–water partition coefficient (Wildman–Crippen LogP) is 3.01. The molecule has 1 aliphatic heterocycles. The third kappa shape index (κ3) is 5.76. The van der Waals surface area contributed by atoms with Crippen LogP contribution < -0.4 is 5.32 Å². The van der Waals surface area contributed by atoms with Crippen LogP contribution in [0.4, 0.5) is 4.39 Å². The van der Waals surface area contributed by atoms with Crippen molar-refractivity contribution in [2.45, 2.75) is 45.8 Å². The van der Waals surface area contributed by atoms with Crippen LogP contribution in [0.25, 0.3) is 6.08 Å². The molecular weight excluding hydrogens is 343 g/mol. The van der Waals surface area contributed by atoms with Gasteiger partial charge in [-0.1, -0.05) is 24.3 Å². The fourth-order valence-electron chi connectivity index (χ4n) is 3.21. The Kier molecular flexibility index (Phi) is 6.40. The molecule has 0 bridgehead atoms. The van der Waals surface area contributed by atoms with Crippen LogP contribution >= 0.6 is 0 Å². The molecule has 1 aliphatic rings. The standard InChI is InChI=1S/C21H27FN4O/c1-16(2)23-21(27)10-9-19-14-20-15-25(12-13-26(20)24-19)11-3-4-17-5-7-18(22)8-6-17/h3-8,14,16H,9-13,15H2,1-2H3,(H,23,27). The van der Waals surface area contributed by atoms with Gasteiger partial charge in [0.2, 0.25) is 5.91 Å². The van der Waals surface area contributed by atoms with Gasteiger partial charge >= 0.3 is 0 Å². The predicted molar refractivity (Wildman–Crippen MR) is 105 cm³/mol. The number of nitrogens with zero attached hydrogens (tertiary/aromatic N) is 3. The zero-order valence-corrected chi connectivity index (χ0v) is 16.0. The van der Waals surface area contributed by atoms with Gasteiger partial charge in [0.1, 0.15) is 5.82 Å². The Balaban J connectivity index is 1.50. The number of amides is 1. The number of rotatable bonds is 7. The number of hydrogen-bond acceptors (Lipinski definition) is 3. The monoisotopic (exact) mass is 370 g/mol. The fraction of sp³-hybridized carbons (Fsp3) is 0.429. The van der Waals surface area contributed by atoms with Gasteiger partial charge in [-0.15, -0.1) is 0 Å². The Bertz CT molecular complexity index is 795. The van der Waals surface area contributed by atoms with Crippen molar-refractivity contribution in [3.63, 3.8) is 0 Å². The molecule has 0 saturated carbocycles. The molecule has 2 aromatic rings. The van der Waals surface area contributed by atoms with E-state index < -0.39 is 0 Å². The molecule has 0 unspecified atom stereocenters. The number of halogens is 1. The molecule has 1 amide bonds. The molecule has 5 nitrogen and oxygen atoms in total. The zero-order valence-electron chi connectivity index (χ0n) is 16.0. The molecule has 2 heterocycles. The minimum atomic E-state index is -0.214. The van der Waals surface area contributed by atoms with Gasteiger partial charge in [0.25, 0.3) is 0 Å². The van der Waals surface area contributed by atoms with E-state index >= 15 is 0 Å². The lowest BCUT2D eigenvalue weighted by Crippen LogP contribution is -2.33. The molecule has 3 rings (SSSR count). The minimum Gasteiger partial charge on any atom is -0.354 e. The molecule has 0 radical (unpaired) electrons. The summed E-state index contributed by atoms with van der Waals surface area (Å²) in [5, 5.41) is 7.54. The van der Waals surface area contributed by atoms with Crippen LogP contribution in [0.3, 0.4) is 0 Å². The number of carbonyl (C=O) groups excluding carboxylic acids is 1. The van der Waals surface area contributed by atoms with Crippen LogP contribution in [0.2, 0.25) is 0 Å². The number of hydrogen-bond donors (Lipinski definition) is 1. The summed E-state index contributed by atoms with van der Waals surface area (Å²) in [6.07, 6.45) is 5.27. The van der Waals surface area contributed by atoms with E-state index in [0.717, 1.165) is 37.4 Å². The van der Waals surface area contributed by atoms with E-state index in [2.05, 4.69) is 32.1 Å². The molecule has 0 spiro atoms. The van der Waals surface area contributed by atoms with Crippen molar-refractivity contribution in [1.82, 2.24) is 20.0 Å². The van der Waals surface area contributed by atoms with Gasteiger partial charge in [-0.25, -0.2) is 4.39 Å². The molecule has 6 heteroatoms. The summed E-state index contributed by atoms with van der Waals surface area (Å²) in [4.78, 5) is 14.1. The van der Waals surface area contributed by atoms with Crippen molar-refractivity contribution in [2.75, 3.05) is 13.1 Å². The van der Waals surface area contributed by atoms with Crippen LogP contribution in [0.1, 0.15) is 37.2 Å². The SMILES string of the molecule is CC(C)NC(=O)CCc1cc2n(n1)CCN(CC=Cc1ccc(F)cc1)C2. The van der Waals surface area contributed by atoms with Crippen molar-refractivity contribution in [3.8, 4) is 0 Å². The summed E-state index contributed by atoms with van der Waals surface area (Å²) >= 11 is 0. The van der Waals surface area contributed by atoms with Crippen molar-refractivity contribution in [2.24, 2.45) is 0 Å². The maximum absolute atomic E-state index is 12.9. The van der Waals surface area contributed by atoms with E-state index in [1.165, 1.54) is 17.8 Å². The number of aryl methyl sites for hydroxylation is 1. The first-order valence-electron chi connectivity index (χ1n) is 9.49. The van der Waals surface area contributed by atoms with Gasteiger partial charge in [0.05, 0.1) is 17.9 Å². The number of nitrogens with one attached hydrogen (secondary N) is 1. The van der Waals surface area contributed by atoms with Crippen molar-refractivity contribution < 1.29 is 9.18 Å². The summed E-state index contributed by atoms with van der Waals surface area (Å²) in [5.74, 6) is -0.141.